The number of Topliss-reactive ketones (excluding diaryl/α,β-unsaturated/α-hetero) is 2. The molecule has 1 aliphatic rings. The summed E-state index contributed by atoms with van der Waals surface area (Å²) in [6.07, 6.45) is 3.27. The Labute approximate surface area is 268 Å². The third-order valence-electron chi connectivity index (χ3n) is 10.7. The second-order valence-electron chi connectivity index (χ2n) is 13.8. The highest BCUT2D eigenvalue weighted by atomic mass is 16.5. The summed E-state index contributed by atoms with van der Waals surface area (Å²) in [5.74, 6) is -0.635. The van der Waals surface area contributed by atoms with Crippen LogP contribution < -0.4 is 5.32 Å². The normalized spacial score (nSPS) is 20.5. The molecule has 0 aromatic carbocycles. The fourth-order valence-corrected chi connectivity index (χ4v) is 7.18. The van der Waals surface area contributed by atoms with Gasteiger partial charge in [-0.1, -0.05) is 68.7 Å². The molecule has 44 heavy (non-hydrogen) atoms. The molecule has 256 valence electrons. The van der Waals surface area contributed by atoms with Crippen LogP contribution in [0.4, 0.5) is 0 Å². The maximum Gasteiger partial charge on any atom is 0.225 e. The maximum atomic E-state index is 14.0. The SMILES string of the molecule is CC[C@H](C)[C@@H]([C@@H](CC(=O)N1CCC[C@H]1[C@H](OC)[C@@H](C)C(=O)C(C)(CC)CC)OC)N(C)C(=O)[C@H](C)CC(=O)[C@@H](NC)C(C)C. The van der Waals surface area contributed by atoms with Crippen molar-refractivity contribution in [1.29, 1.82) is 0 Å². The van der Waals surface area contributed by atoms with Crippen LogP contribution in [0.3, 0.4) is 0 Å². The van der Waals surface area contributed by atoms with Crippen LogP contribution in [0, 0.1) is 29.1 Å². The van der Waals surface area contributed by atoms with Gasteiger partial charge in [0.2, 0.25) is 11.8 Å². The van der Waals surface area contributed by atoms with Gasteiger partial charge < -0.3 is 24.6 Å². The first-order valence-electron chi connectivity index (χ1n) is 17.0. The molecule has 0 saturated carbocycles. The van der Waals surface area contributed by atoms with Crippen molar-refractivity contribution in [3.05, 3.63) is 0 Å². The highest BCUT2D eigenvalue weighted by molar-refractivity contribution is 5.90. The first-order chi connectivity index (χ1) is 20.6. The predicted octanol–water partition coefficient (Wildman–Crippen LogP) is 5.14. The van der Waals surface area contributed by atoms with Crippen molar-refractivity contribution in [3.8, 4) is 0 Å². The molecule has 0 spiro atoms. The molecular weight excluding hydrogens is 558 g/mol. The van der Waals surface area contributed by atoms with Crippen molar-refractivity contribution < 1.29 is 28.7 Å². The number of ether oxygens (including phenoxy) is 2. The first-order valence-corrected chi connectivity index (χ1v) is 17.0. The number of carbonyl (C=O) groups excluding carboxylic acids is 4. The number of nitrogens with one attached hydrogen (secondary N) is 1. The Balaban J connectivity index is 3.19. The number of ketones is 2. The van der Waals surface area contributed by atoms with Crippen LogP contribution in [0.1, 0.15) is 107 Å². The van der Waals surface area contributed by atoms with E-state index in [1.165, 1.54) is 0 Å². The average Bonchev–Trinajstić information content (AvgIpc) is 3.49. The fraction of sp³-hybridized carbons (Fsp3) is 0.886. The smallest absolute Gasteiger partial charge is 0.225 e. The Morgan fingerprint density at radius 1 is 0.977 bits per heavy atom. The molecule has 2 amide bonds. The van der Waals surface area contributed by atoms with Crippen LogP contribution in [0.15, 0.2) is 0 Å². The summed E-state index contributed by atoms with van der Waals surface area (Å²) in [5.41, 5.74) is -0.421. The number of nitrogens with zero attached hydrogens (tertiary/aromatic N) is 2. The average molecular weight is 624 g/mol. The van der Waals surface area contributed by atoms with E-state index in [-0.39, 0.29) is 72.1 Å². The Kier molecular flexibility index (Phi) is 16.8. The molecule has 0 aromatic heterocycles. The summed E-state index contributed by atoms with van der Waals surface area (Å²) in [6.45, 7) is 18.6. The van der Waals surface area contributed by atoms with E-state index in [2.05, 4.69) is 19.2 Å². The summed E-state index contributed by atoms with van der Waals surface area (Å²) in [6, 6.07) is -0.848. The highest BCUT2D eigenvalue weighted by Gasteiger charge is 2.44. The standard InChI is InChI=1S/C35H65N3O6/c1-14-23(6)31(37(11)34(42)24(7)20-27(39)30(36-10)22(4)5)28(43-12)21-29(40)38-19-17-18-26(38)32(44-13)25(8)33(41)35(9,15-2)16-3/h22-26,28,30-32,36H,14-21H2,1-13H3/t23-,24+,25+,26-,28+,30-,31-,32+/m0/s1. The van der Waals surface area contributed by atoms with Gasteiger partial charge in [-0.05, 0) is 44.6 Å². The molecule has 8 atom stereocenters. The number of methoxy groups -OCH3 is 2. The molecule has 0 radical (unpaired) electrons. The largest absolute Gasteiger partial charge is 0.379 e. The molecule has 1 N–H and O–H groups in total. The lowest BCUT2D eigenvalue weighted by molar-refractivity contribution is -0.148. The van der Waals surface area contributed by atoms with Crippen LogP contribution in [0.25, 0.3) is 0 Å². The predicted molar refractivity (Wildman–Crippen MR) is 176 cm³/mol. The first kappa shape index (κ1) is 40.2. The van der Waals surface area contributed by atoms with E-state index < -0.39 is 23.5 Å². The molecule has 0 bridgehead atoms. The van der Waals surface area contributed by atoms with Crippen molar-refractivity contribution in [2.45, 2.75) is 138 Å². The lowest BCUT2D eigenvalue weighted by atomic mass is 9.73. The minimum Gasteiger partial charge on any atom is -0.379 e. The van der Waals surface area contributed by atoms with Crippen molar-refractivity contribution in [2.75, 3.05) is 34.9 Å². The third-order valence-corrected chi connectivity index (χ3v) is 10.7. The molecular formula is C35H65N3O6. The molecule has 0 aliphatic carbocycles. The third kappa shape index (κ3) is 9.58. The zero-order chi connectivity index (χ0) is 33.9. The van der Waals surface area contributed by atoms with Gasteiger partial charge in [-0.15, -0.1) is 0 Å². The van der Waals surface area contributed by atoms with Crippen LogP contribution in [0.5, 0.6) is 0 Å². The number of rotatable bonds is 20. The fourth-order valence-electron chi connectivity index (χ4n) is 7.18. The molecule has 0 unspecified atom stereocenters. The summed E-state index contributed by atoms with van der Waals surface area (Å²) < 4.78 is 11.9. The second-order valence-corrected chi connectivity index (χ2v) is 13.8. The summed E-state index contributed by atoms with van der Waals surface area (Å²) in [7, 11) is 6.76. The highest BCUT2D eigenvalue weighted by Crippen LogP contribution is 2.35. The number of carbonyl (C=O) groups is 4. The Bertz CT molecular complexity index is 935. The zero-order valence-corrected chi connectivity index (χ0v) is 30.2. The van der Waals surface area contributed by atoms with Gasteiger partial charge >= 0.3 is 0 Å². The quantitative estimate of drug-likeness (QED) is 0.200. The van der Waals surface area contributed by atoms with E-state index in [9.17, 15) is 19.2 Å². The topological polar surface area (TPSA) is 105 Å². The molecule has 1 heterocycles. The number of hydrogen-bond donors (Lipinski definition) is 1. The minimum atomic E-state index is -0.528. The summed E-state index contributed by atoms with van der Waals surface area (Å²) in [4.78, 5) is 57.7. The van der Waals surface area contributed by atoms with Crippen LogP contribution in [-0.2, 0) is 28.7 Å². The van der Waals surface area contributed by atoms with Crippen molar-refractivity contribution in [2.24, 2.45) is 29.1 Å². The van der Waals surface area contributed by atoms with Gasteiger partial charge in [0.15, 0.2) is 5.78 Å². The molecule has 1 rings (SSSR count). The Hall–Kier alpha value is -1.84. The maximum absolute atomic E-state index is 14.0. The van der Waals surface area contributed by atoms with E-state index in [1.807, 2.05) is 46.4 Å². The van der Waals surface area contributed by atoms with Gasteiger partial charge in [0.05, 0.1) is 36.8 Å². The minimum absolute atomic E-state index is 0.0222. The van der Waals surface area contributed by atoms with E-state index in [4.69, 9.17) is 9.47 Å². The van der Waals surface area contributed by atoms with Gasteiger partial charge in [-0.2, -0.15) is 0 Å². The van der Waals surface area contributed by atoms with E-state index in [0.717, 1.165) is 32.1 Å². The Morgan fingerprint density at radius 2 is 1.57 bits per heavy atom. The molecule has 1 saturated heterocycles. The molecule has 9 nitrogen and oxygen atoms in total. The number of likely N-dealkylation sites (tertiary alicyclic amines) is 1. The molecule has 1 fully saturated rings. The van der Waals surface area contributed by atoms with Gasteiger partial charge in [0.1, 0.15) is 5.78 Å². The monoisotopic (exact) mass is 623 g/mol. The lowest BCUT2D eigenvalue weighted by Gasteiger charge is -2.40. The van der Waals surface area contributed by atoms with Gasteiger partial charge in [0.25, 0.3) is 0 Å². The molecule has 1 aliphatic heterocycles. The lowest BCUT2D eigenvalue weighted by Crippen LogP contribution is -2.54. The van der Waals surface area contributed by atoms with Crippen LogP contribution >= 0.6 is 0 Å². The zero-order valence-electron chi connectivity index (χ0n) is 30.2. The summed E-state index contributed by atoms with van der Waals surface area (Å²) in [5, 5.41) is 3.08. The number of likely N-dealkylation sites (N-methyl/N-ethyl adjacent to an activating group) is 2. The van der Waals surface area contributed by atoms with Gasteiger partial charge in [-0.3, -0.25) is 19.2 Å². The molecule has 0 aromatic rings. The van der Waals surface area contributed by atoms with E-state index >= 15 is 0 Å². The number of amides is 2. The van der Waals surface area contributed by atoms with Crippen molar-refractivity contribution in [1.82, 2.24) is 15.1 Å². The van der Waals surface area contributed by atoms with Crippen LogP contribution in [-0.4, -0.2) is 98.4 Å². The molecule has 9 heteroatoms. The second kappa shape index (κ2) is 18.3. The van der Waals surface area contributed by atoms with Crippen molar-refractivity contribution >= 4 is 23.4 Å². The van der Waals surface area contributed by atoms with E-state index in [0.29, 0.717) is 6.54 Å². The van der Waals surface area contributed by atoms with Crippen LogP contribution in [0.2, 0.25) is 0 Å². The van der Waals surface area contributed by atoms with Crippen molar-refractivity contribution in [3.63, 3.8) is 0 Å². The van der Waals surface area contributed by atoms with Gasteiger partial charge in [-0.25, -0.2) is 0 Å². The summed E-state index contributed by atoms with van der Waals surface area (Å²) >= 11 is 0. The van der Waals surface area contributed by atoms with Gasteiger partial charge in [0, 0.05) is 51.5 Å². The van der Waals surface area contributed by atoms with E-state index in [1.54, 1.807) is 40.1 Å². The number of hydrogen-bond acceptors (Lipinski definition) is 7. The Morgan fingerprint density at radius 3 is 2.02 bits per heavy atom.